The summed E-state index contributed by atoms with van der Waals surface area (Å²) in [6, 6.07) is 9.62. The highest BCUT2D eigenvalue weighted by molar-refractivity contribution is 6.31. The van der Waals surface area contributed by atoms with Crippen LogP contribution in [-0.2, 0) is 15.7 Å². The molecule has 2 aromatic rings. The zero-order valence-corrected chi connectivity index (χ0v) is 15.1. The molecule has 2 rings (SSSR count). The number of alkyl halides is 3. The SMILES string of the molecule is CCC(OC(c1ccc(Cl)cc1)c1ccc(Cl)c(C(F)(F)F)c1)C(=O)O. The topological polar surface area (TPSA) is 46.5 Å². The number of carboxylic acids is 1. The van der Waals surface area contributed by atoms with E-state index in [1.165, 1.54) is 6.07 Å². The van der Waals surface area contributed by atoms with E-state index >= 15 is 0 Å². The van der Waals surface area contributed by atoms with Gasteiger partial charge in [-0.3, -0.25) is 0 Å². The van der Waals surface area contributed by atoms with Crippen LogP contribution < -0.4 is 0 Å². The Morgan fingerprint density at radius 3 is 2.19 bits per heavy atom. The number of halogens is 5. The maximum atomic E-state index is 13.2. The Balaban J connectivity index is 2.53. The second-order valence-electron chi connectivity index (χ2n) is 5.54. The number of carboxylic acid groups (broad SMARTS) is 1. The summed E-state index contributed by atoms with van der Waals surface area (Å²) >= 11 is 11.5. The predicted molar refractivity (Wildman–Crippen MR) is 92.5 cm³/mol. The molecule has 0 aliphatic heterocycles. The number of aliphatic carboxylic acids is 1. The largest absolute Gasteiger partial charge is 0.479 e. The minimum absolute atomic E-state index is 0.142. The molecule has 26 heavy (non-hydrogen) atoms. The molecule has 0 spiro atoms. The molecule has 8 heteroatoms. The summed E-state index contributed by atoms with van der Waals surface area (Å²) in [4.78, 5) is 11.3. The van der Waals surface area contributed by atoms with Gasteiger partial charge in [0, 0.05) is 5.02 Å². The van der Waals surface area contributed by atoms with E-state index in [0.717, 1.165) is 12.1 Å². The van der Waals surface area contributed by atoms with Crippen LogP contribution in [0, 0.1) is 0 Å². The molecular formula is C18H15Cl2F3O3. The Bertz CT molecular complexity index is 776. The predicted octanol–water partition coefficient (Wildman–Crippen LogP) is 5.98. The molecule has 0 aromatic heterocycles. The lowest BCUT2D eigenvalue weighted by Crippen LogP contribution is -2.26. The lowest BCUT2D eigenvalue weighted by Gasteiger charge is -2.24. The van der Waals surface area contributed by atoms with Crippen molar-refractivity contribution in [2.45, 2.75) is 31.7 Å². The minimum Gasteiger partial charge on any atom is -0.479 e. The molecular weight excluding hydrogens is 392 g/mol. The van der Waals surface area contributed by atoms with Crippen LogP contribution in [0.15, 0.2) is 42.5 Å². The summed E-state index contributed by atoms with van der Waals surface area (Å²) in [6.07, 6.45) is -6.69. The highest BCUT2D eigenvalue weighted by atomic mass is 35.5. The average Bonchev–Trinajstić information content (AvgIpc) is 2.56. The van der Waals surface area contributed by atoms with E-state index in [4.69, 9.17) is 27.9 Å². The fourth-order valence-electron chi connectivity index (χ4n) is 2.40. The quantitative estimate of drug-likeness (QED) is 0.641. The fraction of sp³-hybridized carbons (Fsp3) is 0.278. The van der Waals surface area contributed by atoms with Crippen LogP contribution in [0.25, 0.3) is 0 Å². The lowest BCUT2D eigenvalue weighted by atomic mass is 9.99. The summed E-state index contributed by atoms with van der Waals surface area (Å²) in [5, 5.41) is 9.23. The Labute approximate surface area is 158 Å². The van der Waals surface area contributed by atoms with E-state index in [9.17, 15) is 23.1 Å². The molecule has 140 valence electrons. The molecule has 0 radical (unpaired) electrons. The number of rotatable bonds is 6. The first-order valence-electron chi connectivity index (χ1n) is 7.63. The summed E-state index contributed by atoms with van der Waals surface area (Å²) < 4.78 is 45.1. The standard InChI is InChI=1S/C18H15Cl2F3O3/c1-2-15(17(24)25)26-16(10-3-6-12(19)7-4-10)11-5-8-14(20)13(9-11)18(21,22)23/h3-9,15-16H,2H2,1H3,(H,24,25). The van der Waals surface area contributed by atoms with Gasteiger partial charge in [0.1, 0.15) is 6.10 Å². The van der Waals surface area contributed by atoms with Gasteiger partial charge in [0.25, 0.3) is 0 Å². The molecule has 1 N–H and O–H groups in total. The van der Waals surface area contributed by atoms with Crippen molar-refractivity contribution < 1.29 is 27.8 Å². The monoisotopic (exact) mass is 406 g/mol. The van der Waals surface area contributed by atoms with Crippen molar-refractivity contribution in [1.29, 1.82) is 0 Å². The molecule has 0 fully saturated rings. The molecule has 0 aliphatic carbocycles. The smallest absolute Gasteiger partial charge is 0.417 e. The molecule has 0 amide bonds. The van der Waals surface area contributed by atoms with Gasteiger partial charge in [-0.25, -0.2) is 4.79 Å². The van der Waals surface area contributed by atoms with Gasteiger partial charge >= 0.3 is 12.1 Å². The van der Waals surface area contributed by atoms with Gasteiger partial charge in [0.15, 0.2) is 6.10 Å². The number of benzene rings is 2. The highest BCUT2D eigenvalue weighted by Gasteiger charge is 2.34. The third kappa shape index (κ3) is 4.90. The molecule has 0 heterocycles. The van der Waals surface area contributed by atoms with E-state index in [-0.39, 0.29) is 12.0 Å². The highest BCUT2D eigenvalue weighted by Crippen LogP contribution is 2.38. The van der Waals surface area contributed by atoms with Gasteiger partial charge in [-0.15, -0.1) is 0 Å². The normalized spacial score (nSPS) is 14.1. The van der Waals surface area contributed by atoms with E-state index in [1.807, 2.05) is 0 Å². The van der Waals surface area contributed by atoms with Crippen LogP contribution >= 0.6 is 23.2 Å². The van der Waals surface area contributed by atoms with Crippen molar-refractivity contribution in [2.24, 2.45) is 0 Å². The zero-order valence-electron chi connectivity index (χ0n) is 13.6. The van der Waals surface area contributed by atoms with Crippen LogP contribution in [0.1, 0.15) is 36.1 Å². The maximum absolute atomic E-state index is 13.2. The Kier molecular flexibility index (Phi) is 6.55. The molecule has 0 saturated heterocycles. The van der Waals surface area contributed by atoms with Crippen molar-refractivity contribution in [3.8, 4) is 0 Å². The second-order valence-corrected chi connectivity index (χ2v) is 6.38. The molecule has 0 bridgehead atoms. The molecule has 3 nitrogen and oxygen atoms in total. The van der Waals surface area contributed by atoms with E-state index in [0.29, 0.717) is 10.6 Å². The average molecular weight is 407 g/mol. The van der Waals surface area contributed by atoms with Gasteiger partial charge in [-0.2, -0.15) is 13.2 Å². The van der Waals surface area contributed by atoms with Gasteiger partial charge < -0.3 is 9.84 Å². The first-order chi connectivity index (χ1) is 12.1. The van der Waals surface area contributed by atoms with E-state index < -0.39 is 34.9 Å². The number of hydrogen-bond acceptors (Lipinski definition) is 2. The molecule has 2 atom stereocenters. The number of ether oxygens (including phenoxy) is 1. The van der Waals surface area contributed by atoms with Gasteiger partial charge in [-0.1, -0.05) is 48.3 Å². The Morgan fingerprint density at radius 1 is 1.12 bits per heavy atom. The van der Waals surface area contributed by atoms with Crippen LogP contribution in [0.4, 0.5) is 13.2 Å². The van der Waals surface area contributed by atoms with Gasteiger partial charge in [0.05, 0.1) is 10.6 Å². The number of carbonyl (C=O) groups is 1. The van der Waals surface area contributed by atoms with Crippen molar-refractivity contribution in [3.63, 3.8) is 0 Å². The summed E-state index contributed by atoms with van der Waals surface area (Å²) in [5.41, 5.74) is -0.393. The van der Waals surface area contributed by atoms with Gasteiger partial charge in [-0.05, 0) is 41.8 Å². The van der Waals surface area contributed by atoms with Crippen LogP contribution in [-0.4, -0.2) is 17.2 Å². The van der Waals surface area contributed by atoms with Crippen molar-refractivity contribution in [2.75, 3.05) is 0 Å². The molecule has 2 unspecified atom stereocenters. The lowest BCUT2D eigenvalue weighted by molar-refractivity contribution is -0.153. The Hall–Kier alpha value is -1.76. The number of hydrogen-bond donors (Lipinski definition) is 1. The van der Waals surface area contributed by atoms with Crippen LogP contribution in [0.2, 0.25) is 10.0 Å². The third-order valence-corrected chi connectivity index (χ3v) is 4.30. The minimum atomic E-state index is -4.64. The third-order valence-electron chi connectivity index (χ3n) is 3.72. The van der Waals surface area contributed by atoms with Crippen LogP contribution in [0.3, 0.4) is 0 Å². The summed E-state index contributed by atoms with van der Waals surface area (Å²) in [5.74, 6) is -1.20. The van der Waals surface area contributed by atoms with Crippen molar-refractivity contribution in [1.82, 2.24) is 0 Å². The van der Waals surface area contributed by atoms with E-state index in [2.05, 4.69) is 0 Å². The summed E-state index contributed by atoms with van der Waals surface area (Å²) in [7, 11) is 0. The maximum Gasteiger partial charge on any atom is 0.417 e. The van der Waals surface area contributed by atoms with Gasteiger partial charge in [0.2, 0.25) is 0 Å². The van der Waals surface area contributed by atoms with Crippen LogP contribution in [0.5, 0.6) is 0 Å². The second kappa shape index (κ2) is 8.29. The molecule has 0 saturated carbocycles. The van der Waals surface area contributed by atoms with Crippen molar-refractivity contribution in [3.05, 3.63) is 69.2 Å². The van der Waals surface area contributed by atoms with E-state index in [1.54, 1.807) is 31.2 Å². The molecule has 2 aromatic carbocycles. The first-order valence-corrected chi connectivity index (χ1v) is 8.39. The summed E-state index contributed by atoms with van der Waals surface area (Å²) in [6.45, 7) is 1.61. The Morgan fingerprint density at radius 2 is 1.69 bits per heavy atom. The first kappa shape index (κ1) is 20.6. The van der Waals surface area contributed by atoms with Crippen molar-refractivity contribution >= 4 is 29.2 Å². The fourth-order valence-corrected chi connectivity index (χ4v) is 2.75. The molecule has 0 aliphatic rings. The zero-order chi connectivity index (χ0) is 19.5.